The molecule has 0 bridgehead atoms. The third-order valence-corrected chi connectivity index (χ3v) is 3.37. The van der Waals surface area contributed by atoms with E-state index in [1.54, 1.807) is 29.2 Å². The molecule has 3 N–H and O–H groups in total. The molecule has 6 nitrogen and oxygen atoms in total. The third kappa shape index (κ3) is 3.52. The average Bonchev–Trinajstić information content (AvgIpc) is 2.43. The quantitative estimate of drug-likeness (QED) is 0.373. The molecule has 1 heterocycles. The summed E-state index contributed by atoms with van der Waals surface area (Å²) in [4.78, 5) is 14.4. The van der Waals surface area contributed by atoms with Crippen molar-refractivity contribution in [1.29, 1.82) is 0 Å². The summed E-state index contributed by atoms with van der Waals surface area (Å²) in [6.07, 6.45) is -0.00930. The van der Waals surface area contributed by atoms with Crippen LogP contribution in [-0.4, -0.2) is 46.6 Å². The number of amidine groups is 1. The fourth-order valence-corrected chi connectivity index (χ4v) is 2.66. The highest BCUT2D eigenvalue weighted by molar-refractivity contribution is 6.01. The van der Waals surface area contributed by atoms with Crippen LogP contribution in [0.5, 0.6) is 0 Å². The van der Waals surface area contributed by atoms with E-state index in [4.69, 9.17) is 15.7 Å². The second-order valence-electron chi connectivity index (χ2n) is 5.94. The summed E-state index contributed by atoms with van der Waals surface area (Å²) in [7, 11) is 0. The number of benzene rings is 1. The van der Waals surface area contributed by atoms with E-state index in [1.807, 2.05) is 20.8 Å². The molecule has 6 heteroatoms. The van der Waals surface area contributed by atoms with Crippen molar-refractivity contribution in [2.24, 2.45) is 10.9 Å². The smallest absolute Gasteiger partial charge is 0.254 e. The molecule has 0 aromatic heterocycles. The first-order valence-electron chi connectivity index (χ1n) is 6.87. The van der Waals surface area contributed by atoms with Crippen molar-refractivity contribution in [3.05, 3.63) is 35.4 Å². The highest BCUT2D eigenvalue weighted by Crippen LogP contribution is 2.22. The normalized spacial score (nSPS) is 22.1. The lowest BCUT2D eigenvalue weighted by Gasteiger charge is -2.41. The molecular formula is C15H21N3O3. The first-order chi connectivity index (χ1) is 9.82. The third-order valence-electron chi connectivity index (χ3n) is 3.37. The molecule has 0 spiro atoms. The Morgan fingerprint density at radius 2 is 2.14 bits per heavy atom. The molecule has 0 radical (unpaired) electrons. The van der Waals surface area contributed by atoms with Crippen molar-refractivity contribution in [2.75, 3.05) is 13.1 Å². The van der Waals surface area contributed by atoms with Crippen LogP contribution < -0.4 is 5.73 Å². The Kier molecular flexibility index (Phi) is 4.18. The fraction of sp³-hybridized carbons (Fsp3) is 0.467. The van der Waals surface area contributed by atoms with E-state index in [-0.39, 0.29) is 23.4 Å². The number of carbonyl (C=O) groups is 1. The van der Waals surface area contributed by atoms with Crippen molar-refractivity contribution < 1.29 is 14.7 Å². The van der Waals surface area contributed by atoms with Crippen LogP contribution in [0, 0.1) is 0 Å². The van der Waals surface area contributed by atoms with E-state index >= 15 is 0 Å². The molecule has 1 saturated heterocycles. The molecule has 1 aromatic rings. The average molecular weight is 291 g/mol. The first-order valence-corrected chi connectivity index (χ1v) is 6.87. The summed E-state index contributed by atoms with van der Waals surface area (Å²) in [5, 5.41) is 11.7. The minimum Gasteiger partial charge on any atom is -0.409 e. The number of amides is 1. The fourth-order valence-electron chi connectivity index (χ4n) is 2.66. The predicted octanol–water partition coefficient (Wildman–Crippen LogP) is 1.42. The lowest BCUT2D eigenvalue weighted by atomic mass is 10.0. The molecule has 1 fully saturated rings. The SMILES string of the molecule is CC1CN(C(=O)c2cccc(C(N)=NO)c2)CC(C)(C)O1. The summed E-state index contributed by atoms with van der Waals surface area (Å²) < 4.78 is 5.80. The zero-order valence-electron chi connectivity index (χ0n) is 12.5. The summed E-state index contributed by atoms with van der Waals surface area (Å²) in [6.45, 7) is 6.97. The topological polar surface area (TPSA) is 88.2 Å². The highest BCUT2D eigenvalue weighted by atomic mass is 16.5. The Bertz CT molecular complexity index is 569. The number of hydrogen-bond acceptors (Lipinski definition) is 4. The second-order valence-corrected chi connectivity index (χ2v) is 5.94. The van der Waals surface area contributed by atoms with Crippen LogP contribution in [0.4, 0.5) is 0 Å². The maximum absolute atomic E-state index is 12.6. The molecule has 2 rings (SSSR count). The van der Waals surface area contributed by atoms with Gasteiger partial charge in [-0.15, -0.1) is 0 Å². The minimum atomic E-state index is -0.365. The van der Waals surface area contributed by atoms with E-state index in [0.29, 0.717) is 24.2 Å². The molecule has 0 aliphatic carbocycles. The van der Waals surface area contributed by atoms with Crippen LogP contribution >= 0.6 is 0 Å². The van der Waals surface area contributed by atoms with E-state index in [2.05, 4.69) is 5.16 Å². The summed E-state index contributed by atoms with van der Waals surface area (Å²) in [6, 6.07) is 6.77. The maximum Gasteiger partial charge on any atom is 0.254 e. The van der Waals surface area contributed by atoms with Crippen LogP contribution in [0.25, 0.3) is 0 Å². The molecule has 21 heavy (non-hydrogen) atoms. The summed E-state index contributed by atoms with van der Waals surface area (Å²) >= 11 is 0. The number of nitrogens with zero attached hydrogens (tertiary/aromatic N) is 2. The Morgan fingerprint density at radius 3 is 2.76 bits per heavy atom. The van der Waals surface area contributed by atoms with Crippen molar-refractivity contribution in [2.45, 2.75) is 32.5 Å². The van der Waals surface area contributed by atoms with Gasteiger partial charge in [0.2, 0.25) is 0 Å². The standard InChI is InChI=1S/C15H21N3O3/c1-10-8-18(9-15(2,3)21-10)14(19)12-6-4-5-11(7-12)13(16)17-20/h4-7,10,20H,8-9H2,1-3H3,(H2,16,17). The number of carbonyl (C=O) groups excluding carboxylic acids is 1. The first kappa shape index (κ1) is 15.3. The van der Waals surface area contributed by atoms with Gasteiger partial charge < -0.3 is 20.6 Å². The van der Waals surface area contributed by atoms with E-state index in [0.717, 1.165) is 0 Å². The molecule has 1 aromatic carbocycles. The van der Waals surface area contributed by atoms with Crippen LogP contribution in [0.2, 0.25) is 0 Å². The largest absolute Gasteiger partial charge is 0.409 e. The van der Waals surface area contributed by atoms with Gasteiger partial charge in [-0.05, 0) is 32.9 Å². The van der Waals surface area contributed by atoms with E-state index < -0.39 is 0 Å². The van der Waals surface area contributed by atoms with Gasteiger partial charge in [0.1, 0.15) is 0 Å². The highest BCUT2D eigenvalue weighted by Gasteiger charge is 2.34. The minimum absolute atomic E-state index is 0.00930. The van der Waals surface area contributed by atoms with Gasteiger partial charge in [-0.3, -0.25) is 4.79 Å². The van der Waals surface area contributed by atoms with Gasteiger partial charge in [0.05, 0.1) is 11.7 Å². The van der Waals surface area contributed by atoms with Gasteiger partial charge >= 0.3 is 0 Å². The monoisotopic (exact) mass is 291 g/mol. The van der Waals surface area contributed by atoms with Gasteiger partial charge in [-0.1, -0.05) is 17.3 Å². The lowest BCUT2D eigenvalue weighted by Crippen LogP contribution is -2.53. The molecule has 0 saturated carbocycles. The van der Waals surface area contributed by atoms with Gasteiger partial charge in [0.25, 0.3) is 5.91 Å². The van der Waals surface area contributed by atoms with Gasteiger partial charge in [-0.25, -0.2) is 0 Å². The molecule has 1 unspecified atom stereocenters. The summed E-state index contributed by atoms with van der Waals surface area (Å²) in [5.74, 6) is -0.0915. The van der Waals surface area contributed by atoms with Crippen LogP contribution in [0.1, 0.15) is 36.7 Å². The molecule has 1 aliphatic heterocycles. The summed E-state index contributed by atoms with van der Waals surface area (Å²) in [5.41, 5.74) is 6.23. The zero-order valence-corrected chi connectivity index (χ0v) is 12.5. The molecule has 114 valence electrons. The van der Waals surface area contributed by atoms with Crippen molar-refractivity contribution in [1.82, 2.24) is 4.90 Å². The molecule has 1 atom stereocenters. The van der Waals surface area contributed by atoms with Crippen LogP contribution in [-0.2, 0) is 4.74 Å². The Hall–Kier alpha value is -2.08. The number of morpholine rings is 1. The zero-order chi connectivity index (χ0) is 15.6. The molecular weight excluding hydrogens is 270 g/mol. The second kappa shape index (κ2) is 5.73. The number of rotatable bonds is 2. The van der Waals surface area contributed by atoms with Gasteiger partial charge in [0, 0.05) is 24.2 Å². The Balaban J connectivity index is 2.24. The van der Waals surface area contributed by atoms with Crippen LogP contribution in [0.15, 0.2) is 29.4 Å². The lowest BCUT2D eigenvalue weighted by molar-refractivity contribution is -0.118. The maximum atomic E-state index is 12.6. The van der Waals surface area contributed by atoms with Crippen molar-refractivity contribution in [3.8, 4) is 0 Å². The number of ether oxygens (including phenoxy) is 1. The number of nitrogens with two attached hydrogens (primary N) is 1. The van der Waals surface area contributed by atoms with Crippen molar-refractivity contribution >= 4 is 11.7 Å². The Labute approximate surface area is 124 Å². The van der Waals surface area contributed by atoms with Gasteiger partial charge in [0.15, 0.2) is 5.84 Å². The van der Waals surface area contributed by atoms with E-state index in [1.165, 1.54) is 0 Å². The molecule has 1 aliphatic rings. The number of oxime groups is 1. The predicted molar refractivity (Wildman–Crippen MR) is 79.5 cm³/mol. The molecule has 1 amide bonds. The van der Waals surface area contributed by atoms with E-state index in [9.17, 15) is 4.79 Å². The number of hydrogen-bond donors (Lipinski definition) is 2. The van der Waals surface area contributed by atoms with Gasteiger partial charge in [-0.2, -0.15) is 0 Å². The van der Waals surface area contributed by atoms with Crippen molar-refractivity contribution in [3.63, 3.8) is 0 Å². The Morgan fingerprint density at radius 1 is 1.48 bits per heavy atom. The van der Waals surface area contributed by atoms with Crippen LogP contribution in [0.3, 0.4) is 0 Å².